The van der Waals surface area contributed by atoms with Gasteiger partial charge in [-0.05, 0) is 37.1 Å². The van der Waals surface area contributed by atoms with Gasteiger partial charge in [-0.1, -0.05) is 6.07 Å². The zero-order valence-electron chi connectivity index (χ0n) is 11.5. The first-order chi connectivity index (χ1) is 9.12. The predicted molar refractivity (Wildman–Crippen MR) is 72.6 cm³/mol. The zero-order valence-corrected chi connectivity index (χ0v) is 11.5. The average molecular weight is 260 g/mol. The van der Waals surface area contributed by atoms with Crippen LogP contribution in [0.5, 0.6) is 0 Å². The van der Waals surface area contributed by atoms with Crippen molar-refractivity contribution < 1.29 is 9.84 Å². The number of benzene rings is 1. The molecule has 1 aromatic carbocycles. The van der Waals surface area contributed by atoms with E-state index in [4.69, 9.17) is 10.00 Å². The van der Waals surface area contributed by atoms with Crippen molar-refractivity contribution >= 4 is 0 Å². The quantitative estimate of drug-likeness (QED) is 0.893. The van der Waals surface area contributed by atoms with E-state index >= 15 is 0 Å². The lowest BCUT2D eigenvalue weighted by atomic mass is 10.0. The molecule has 0 bridgehead atoms. The number of aliphatic hydroxyl groups excluding tert-OH is 1. The summed E-state index contributed by atoms with van der Waals surface area (Å²) in [6.45, 7) is 6.58. The molecule has 1 aliphatic rings. The standard InChI is InChI=1S/C15H20N2O2/c1-11-5-13(6-16)3-4-14(11)8-17-7-12(2)19-15(9-17)10-18/h3-5,12,15,18H,7-10H2,1-2H3. The summed E-state index contributed by atoms with van der Waals surface area (Å²) in [6, 6.07) is 7.95. The number of hydrogen-bond acceptors (Lipinski definition) is 4. The van der Waals surface area contributed by atoms with Crippen molar-refractivity contribution in [2.45, 2.75) is 32.6 Å². The van der Waals surface area contributed by atoms with Crippen LogP contribution in [0.15, 0.2) is 18.2 Å². The highest BCUT2D eigenvalue weighted by Gasteiger charge is 2.24. The smallest absolute Gasteiger partial charge is 0.0991 e. The number of ether oxygens (including phenoxy) is 1. The summed E-state index contributed by atoms with van der Waals surface area (Å²) in [5.41, 5.74) is 3.06. The third-order valence-corrected chi connectivity index (χ3v) is 3.47. The highest BCUT2D eigenvalue weighted by Crippen LogP contribution is 2.17. The van der Waals surface area contributed by atoms with Crippen LogP contribution >= 0.6 is 0 Å². The molecule has 0 saturated carbocycles. The Balaban J connectivity index is 2.06. The second kappa shape index (κ2) is 6.16. The van der Waals surface area contributed by atoms with Gasteiger partial charge >= 0.3 is 0 Å². The van der Waals surface area contributed by atoms with Crippen LogP contribution in [0.1, 0.15) is 23.6 Å². The van der Waals surface area contributed by atoms with E-state index in [2.05, 4.69) is 11.0 Å². The minimum Gasteiger partial charge on any atom is -0.394 e. The largest absolute Gasteiger partial charge is 0.394 e. The SMILES string of the molecule is Cc1cc(C#N)ccc1CN1CC(C)OC(CO)C1. The van der Waals surface area contributed by atoms with E-state index in [0.29, 0.717) is 5.56 Å². The Labute approximate surface area is 114 Å². The van der Waals surface area contributed by atoms with Gasteiger partial charge in [-0.15, -0.1) is 0 Å². The maximum atomic E-state index is 9.23. The highest BCUT2D eigenvalue weighted by atomic mass is 16.5. The molecule has 1 N–H and O–H groups in total. The van der Waals surface area contributed by atoms with Gasteiger partial charge in [-0.3, -0.25) is 4.90 Å². The van der Waals surface area contributed by atoms with Crippen molar-refractivity contribution in [3.63, 3.8) is 0 Å². The van der Waals surface area contributed by atoms with Crippen LogP contribution in [-0.4, -0.2) is 41.9 Å². The molecule has 4 nitrogen and oxygen atoms in total. The summed E-state index contributed by atoms with van der Waals surface area (Å²) in [5.74, 6) is 0. The second-order valence-corrected chi connectivity index (χ2v) is 5.20. The molecule has 0 radical (unpaired) electrons. The molecule has 0 aliphatic carbocycles. The summed E-state index contributed by atoms with van der Waals surface area (Å²) in [4.78, 5) is 2.30. The number of hydrogen-bond donors (Lipinski definition) is 1. The van der Waals surface area contributed by atoms with Crippen molar-refractivity contribution in [3.05, 3.63) is 34.9 Å². The Morgan fingerprint density at radius 1 is 1.47 bits per heavy atom. The molecule has 2 atom stereocenters. The van der Waals surface area contributed by atoms with Gasteiger partial charge in [0.2, 0.25) is 0 Å². The zero-order chi connectivity index (χ0) is 13.8. The maximum Gasteiger partial charge on any atom is 0.0991 e. The molecule has 0 aromatic heterocycles. The number of nitriles is 1. The predicted octanol–water partition coefficient (Wildman–Crippen LogP) is 1.45. The average Bonchev–Trinajstić information content (AvgIpc) is 2.40. The Morgan fingerprint density at radius 2 is 2.26 bits per heavy atom. The van der Waals surface area contributed by atoms with E-state index in [-0.39, 0.29) is 18.8 Å². The van der Waals surface area contributed by atoms with Crippen LogP contribution in [0.3, 0.4) is 0 Å². The topological polar surface area (TPSA) is 56.5 Å². The van der Waals surface area contributed by atoms with Crippen molar-refractivity contribution in [1.29, 1.82) is 5.26 Å². The van der Waals surface area contributed by atoms with Crippen LogP contribution in [0, 0.1) is 18.3 Å². The normalized spacial score (nSPS) is 24.1. The summed E-state index contributed by atoms with van der Waals surface area (Å²) < 4.78 is 5.64. The fourth-order valence-electron chi connectivity index (χ4n) is 2.55. The summed E-state index contributed by atoms with van der Waals surface area (Å²) >= 11 is 0. The highest BCUT2D eigenvalue weighted by molar-refractivity contribution is 5.37. The molecule has 0 spiro atoms. The lowest BCUT2D eigenvalue weighted by Gasteiger charge is -2.36. The number of morpholine rings is 1. The second-order valence-electron chi connectivity index (χ2n) is 5.20. The molecule has 19 heavy (non-hydrogen) atoms. The van der Waals surface area contributed by atoms with Gasteiger partial charge in [0.25, 0.3) is 0 Å². The first-order valence-corrected chi connectivity index (χ1v) is 6.60. The molecule has 1 aromatic rings. The minimum atomic E-state index is -0.0950. The molecule has 1 fully saturated rings. The molecule has 0 amide bonds. The third-order valence-electron chi connectivity index (χ3n) is 3.47. The molecule has 2 unspecified atom stereocenters. The van der Waals surface area contributed by atoms with Crippen LogP contribution in [0.2, 0.25) is 0 Å². The maximum absolute atomic E-state index is 9.23. The van der Waals surface area contributed by atoms with Gasteiger partial charge in [-0.2, -0.15) is 5.26 Å². The van der Waals surface area contributed by atoms with E-state index in [9.17, 15) is 5.11 Å². The third kappa shape index (κ3) is 3.54. The van der Waals surface area contributed by atoms with Gasteiger partial charge in [0, 0.05) is 19.6 Å². The van der Waals surface area contributed by atoms with Crippen LogP contribution in [-0.2, 0) is 11.3 Å². The Bertz CT molecular complexity index is 482. The van der Waals surface area contributed by atoms with E-state index in [1.807, 2.05) is 32.0 Å². The van der Waals surface area contributed by atoms with Crippen LogP contribution in [0.4, 0.5) is 0 Å². The first-order valence-electron chi connectivity index (χ1n) is 6.60. The van der Waals surface area contributed by atoms with Crippen molar-refractivity contribution in [2.24, 2.45) is 0 Å². The fourth-order valence-corrected chi connectivity index (χ4v) is 2.55. The summed E-state index contributed by atoms with van der Waals surface area (Å²) in [5, 5.41) is 18.1. The van der Waals surface area contributed by atoms with E-state index in [1.165, 1.54) is 5.56 Å². The summed E-state index contributed by atoms with van der Waals surface area (Å²) in [6.07, 6.45) is 0.0482. The van der Waals surface area contributed by atoms with Crippen molar-refractivity contribution in [3.8, 4) is 6.07 Å². The van der Waals surface area contributed by atoms with Crippen LogP contribution < -0.4 is 0 Å². The minimum absolute atomic E-state index is 0.0627. The number of rotatable bonds is 3. The fraction of sp³-hybridized carbons (Fsp3) is 0.533. The van der Waals surface area contributed by atoms with E-state index in [0.717, 1.165) is 25.2 Å². The lowest BCUT2D eigenvalue weighted by molar-refractivity contribution is -0.0972. The van der Waals surface area contributed by atoms with E-state index in [1.54, 1.807) is 0 Å². The van der Waals surface area contributed by atoms with Crippen molar-refractivity contribution in [1.82, 2.24) is 4.90 Å². The molecule has 4 heteroatoms. The molecule has 1 saturated heterocycles. The molecule has 2 rings (SSSR count). The molecular weight excluding hydrogens is 240 g/mol. The number of aliphatic hydroxyl groups is 1. The lowest BCUT2D eigenvalue weighted by Crippen LogP contribution is -2.47. The van der Waals surface area contributed by atoms with Gasteiger partial charge in [0.1, 0.15) is 0 Å². The Morgan fingerprint density at radius 3 is 2.89 bits per heavy atom. The first kappa shape index (κ1) is 14.0. The van der Waals surface area contributed by atoms with Crippen molar-refractivity contribution in [2.75, 3.05) is 19.7 Å². The molecule has 1 aliphatic heterocycles. The van der Waals surface area contributed by atoms with Gasteiger partial charge in [0.05, 0.1) is 30.4 Å². The van der Waals surface area contributed by atoms with Gasteiger partial charge in [0.15, 0.2) is 0 Å². The molecular formula is C15H20N2O2. The Kier molecular flexibility index (Phi) is 4.54. The number of nitrogens with zero attached hydrogens (tertiary/aromatic N) is 2. The van der Waals surface area contributed by atoms with Crippen LogP contribution in [0.25, 0.3) is 0 Å². The monoisotopic (exact) mass is 260 g/mol. The Hall–Kier alpha value is -1.41. The summed E-state index contributed by atoms with van der Waals surface area (Å²) in [7, 11) is 0. The molecule has 102 valence electrons. The number of aryl methyl sites for hydroxylation is 1. The van der Waals surface area contributed by atoms with E-state index < -0.39 is 0 Å². The van der Waals surface area contributed by atoms with Gasteiger partial charge < -0.3 is 9.84 Å². The molecule has 1 heterocycles. The van der Waals surface area contributed by atoms with Gasteiger partial charge in [-0.25, -0.2) is 0 Å².